The number of thioether (sulfide) groups is 2. The molecule has 0 radical (unpaired) electrons. The van der Waals surface area contributed by atoms with E-state index in [0.717, 1.165) is 38.4 Å². The maximum Gasteiger partial charge on any atom is 0.244 e. The molecule has 0 unspecified atom stereocenters. The van der Waals surface area contributed by atoms with Crippen LogP contribution in [0, 0.1) is 0 Å². The lowest BCUT2D eigenvalue weighted by Gasteiger charge is -1.98. The molecule has 2 heterocycles. The number of fused-ring (bicyclic) bond motifs is 1. The van der Waals surface area contributed by atoms with Crippen molar-refractivity contribution in [3.63, 3.8) is 0 Å². The molecular formula is C21H16N2O2S2. The van der Waals surface area contributed by atoms with E-state index in [2.05, 4.69) is 17.1 Å². The first-order valence-electron chi connectivity index (χ1n) is 8.42. The summed E-state index contributed by atoms with van der Waals surface area (Å²) in [6.45, 7) is 1.52. The second kappa shape index (κ2) is 7.58. The Morgan fingerprint density at radius 3 is 2.67 bits per heavy atom. The number of hydrogen-bond acceptors (Lipinski definition) is 5. The minimum atomic E-state index is -0.0646. The van der Waals surface area contributed by atoms with E-state index >= 15 is 0 Å². The van der Waals surface area contributed by atoms with E-state index in [1.807, 2.05) is 42.5 Å². The average molecular weight is 393 g/mol. The van der Waals surface area contributed by atoms with Crippen LogP contribution >= 0.6 is 23.5 Å². The van der Waals surface area contributed by atoms with Crippen LogP contribution < -0.4 is 0 Å². The quantitative estimate of drug-likeness (QED) is 0.575. The van der Waals surface area contributed by atoms with Gasteiger partial charge in [-0.25, -0.2) is 4.99 Å². The molecule has 0 saturated carbocycles. The van der Waals surface area contributed by atoms with Crippen molar-refractivity contribution in [1.29, 1.82) is 0 Å². The van der Waals surface area contributed by atoms with Crippen molar-refractivity contribution < 1.29 is 9.59 Å². The lowest BCUT2D eigenvalue weighted by Crippen LogP contribution is -2.02. The van der Waals surface area contributed by atoms with Crippen molar-refractivity contribution in [2.75, 3.05) is 0 Å². The molecule has 134 valence electrons. The zero-order valence-corrected chi connectivity index (χ0v) is 16.2. The molecule has 2 aromatic carbocycles. The SMILES string of the molecule is CC(=O)n1cc(/C=C2\N=C(SCc3ccccc3)SC2=O)c2ccccc21. The van der Waals surface area contributed by atoms with Crippen molar-refractivity contribution in [1.82, 2.24) is 4.57 Å². The fraction of sp³-hybridized carbons (Fsp3) is 0.0952. The van der Waals surface area contributed by atoms with Crippen LogP contribution in [0.15, 0.2) is 71.5 Å². The number of rotatable bonds is 3. The third-order valence-electron chi connectivity index (χ3n) is 4.18. The van der Waals surface area contributed by atoms with Crippen LogP contribution in [0.5, 0.6) is 0 Å². The van der Waals surface area contributed by atoms with Crippen molar-refractivity contribution in [3.8, 4) is 0 Å². The molecule has 4 rings (SSSR count). The largest absolute Gasteiger partial charge is 0.287 e. The Balaban J connectivity index is 1.62. The standard InChI is InChI=1S/C21H16N2O2S2/c1-14(24)23-12-16(17-9-5-6-10-19(17)23)11-18-20(25)27-21(22-18)26-13-15-7-3-2-4-8-15/h2-12H,13H2,1H3/b18-11-. The molecule has 0 atom stereocenters. The molecule has 1 aromatic heterocycles. The average Bonchev–Trinajstić information content (AvgIpc) is 3.22. The molecule has 1 aliphatic heterocycles. The fourth-order valence-electron chi connectivity index (χ4n) is 2.90. The summed E-state index contributed by atoms with van der Waals surface area (Å²) in [6, 6.07) is 17.8. The Labute approximate surface area is 165 Å². The molecule has 3 aromatic rings. The second-order valence-corrected chi connectivity index (χ2v) is 8.25. The Hall–Kier alpha value is -2.57. The van der Waals surface area contributed by atoms with Gasteiger partial charge in [-0.1, -0.05) is 60.3 Å². The summed E-state index contributed by atoms with van der Waals surface area (Å²) in [7, 11) is 0. The van der Waals surface area contributed by atoms with Crippen molar-refractivity contribution in [2.45, 2.75) is 12.7 Å². The zero-order chi connectivity index (χ0) is 18.8. The van der Waals surface area contributed by atoms with Gasteiger partial charge in [0.05, 0.1) is 5.52 Å². The molecule has 27 heavy (non-hydrogen) atoms. The minimum absolute atomic E-state index is 0.0643. The highest BCUT2D eigenvalue weighted by Gasteiger charge is 2.23. The third kappa shape index (κ3) is 3.77. The number of nitrogens with zero attached hydrogens (tertiary/aromatic N) is 2. The molecule has 0 N–H and O–H groups in total. The highest BCUT2D eigenvalue weighted by Crippen LogP contribution is 2.33. The van der Waals surface area contributed by atoms with Gasteiger partial charge in [0.2, 0.25) is 11.0 Å². The van der Waals surface area contributed by atoms with Gasteiger partial charge in [-0.2, -0.15) is 0 Å². The molecule has 1 aliphatic rings. The predicted molar refractivity (Wildman–Crippen MR) is 114 cm³/mol. The normalized spacial score (nSPS) is 15.5. The second-order valence-electron chi connectivity index (χ2n) is 6.06. The van der Waals surface area contributed by atoms with Crippen LogP contribution in [0.3, 0.4) is 0 Å². The molecule has 0 fully saturated rings. The summed E-state index contributed by atoms with van der Waals surface area (Å²) in [5.74, 6) is 0.710. The monoisotopic (exact) mass is 392 g/mol. The summed E-state index contributed by atoms with van der Waals surface area (Å²) in [5, 5.41) is 0.865. The topological polar surface area (TPSA) is 51.4 Å². The maximum absolute atomic E-state index is 12.4. The van der Waals surface area contributed by atoms with Gasteiger partial charge in [-0.05, 0) is 29.5 Å². The summed E-state index contributed by atoms with van der Waals surface area (Å²) >= 11 is 2.72. The number of para-hydroxylation sites is 1. The van der Waals surface area contributed by atoms with E-state index in [0.29, 0.717) is 5.70 Å². The van der Waals surface area contributed by atoms with Crippen LogP contribution in [0.1, 0.15) is 22.8 Å². The lowest BCUT2D eigenvalue weighted by molar-refractivity contribution is -0.107. The molecule has 0 aliphatic carbocycles. The van der Waals surface area contributed by atoms with E-state index in [9.17, 15) is 9.59 Å². The molecular weight excluding hydrogens is 376 g/mol. The maximum atomic E-state index is 12.4. The number of carbonyl (C=O) groups excluding carboxylic acids is 2. The highest BCUT2D eigenvalue weighted by atomic mass is 32.2. The van der Waals surface area contributed by atoms with E-state index < -0.39 is 0 Å². The number of aromatic nitrogens is 1. The van der Waals surface area contributed by atoms with Gasteiger partial charge in [0.15, 0.2) is 0 Å². The Morgan fingerprint density at radius 2 is 1.89 bits per heavy atom. The van der Waals surface area contributed by atoms with Crippen molar-refractivity contribution >= 4 is 55.9 Å². The molecule has 0 spiro atoms. The molecule has 6 heteroatoms. The highest BCUT2D eigenvalue weighted by molar-refractivity contribution is 8.45. The van der Waals surface area contributed by atoms with Crippen LogP contribution in [-0.2, 0) is 10.5 Å². The number of benzene rings is 2. The fourth-order valence-corrected chi connectivity index (χ4v) is 4.70. The van der Waals surface area contributed by atoms with Gasteiger partial charge in [0.1, 0.15) is 10.1 Å². The third-order valence-corrected chi connectivity index (χ3v) is 6.26. The molecule has 0 saturated heterocycles. The summed E-state index contributed by atoms with van der Waals surface area (Å²) in [6.07, 6.45) is 3.54. The molecule has 0 bridgehead atoms. The number of hydrogen-bond donors (Lipinski definition) is 0. The van der Waals surface area contributed by atoms with E-state index in [1.54, 1.807) is 28.6 Å². The summed E-state index contributed by atoms with van der Waals surface area (Å²) < 4.78 is 2.36. The van der Waals surface area contributed by atoms with Gasteiger partial charge in [0, 0.05) is 29.8 Å². The van der Waals surface area contributed by atoms with E-state index in [4.69, 9.17) is 0 Å². The predicted octanol–water partition coefficient (Wildman–Crippen LogP) is 5.21. The lowest BCUT2D eigenvalue weighted by atomic mass is 10.1. The van der Waals surface area contributed by atoms with Crippen molar-refractivity contribution in [2.24, 2.45) is 4.99 Å². The van der Waals surface area contributed by atoms with Gasteiger partial charge >= 0.3 is 0 Å². The molecule has 4 nitrogen and oxygen atoms in total. The minimum Gasteiger partial charge on any atom is -0.287 e. The summed E-state index contributed by atoms with van der Waals surface area (Å²) in [4.78, 5) is 28.8. The zero-order valence-electron chi connectivity index (χ0n) is 14.6. The van der Waals surface area contributed by atoms with E-state index in [-0.39, 0.29) is 11.0 Å². The Bertz CT molecular complexity index is 1100. The van der Waals surface area contributed by atoms with Crippen molar-refractivity contribution in [3.05, 3.63) is 77.6 Å². The first-order valence-corrected chi connectivity index (χ1v) is 10.2. The van der Waals surface area contributed by atoms with Gasteiger partial charge < -0.3 is 0 Å². The first kappa shape index (κ1) is 17.8. The summed E-state index contributed by atoms with van der Waals surface area (Å²) in [5.41, 5.74) is 3.27. The van der Waals surface area contributed by atoms with Crippen LogP contribution in [0.2, 0.25) is 0 Å². The van der Waals surface area contributed by atoms with Gasteiger partial charge in [-0.3, -0.25) is 14.2 Å². The van der Waals surface area contributed by atoms with Crippen LogP contribution in [-0.4, -0.2) is 20.0 Å². The Kier molecular flexibility index (Phi) is 5.01. The Morgan fingerprint density at radius 1 is 1.15 bits per heavy atom. The van der Waals surface area contributed by atoms with Crippen LogP contribution in [0.25, 0.3) is 17.0 Å². The van der Waals surface area contributed by atoms with Gasteiger partial charge in [0.25, 0.3) is 0 Å². The smallest absolute Gasteiger partial charge is 0.244 e. The first-order chi connectivity index (χ1) is 13.1. The number of aliphatic imine (C=N–C) groups is 1. The molecule has 0 amide bonds. The number of carbonyl (C=O) groups is 2. The van der Waals surface area contributed by atoms with Gasteiger partial charge in [-0.15, -0.1) is 0 Å². The van der Waals surface area contributed by atoms with E-state index in [1.165, 1.54) is 12.5 Å². The van der Waals surface area contributed by atoms with Crippen LogP contribution in [0.4, 0.5) is 0 Å².